The number of benzene rings is 1. The van der Waals surface area contributed by atoms with E-state index in [2.05, 4.69) is 0 Å². The third-order valence-electron chi connectivity index (χ3n) is 5.12. The second kappa shape index (κ2) is 5.09. The SMILES string of the molecule is O=C1OC[C@H](c2ccccc2)N1[C@H]1CC(=O)C12CCCCO2. The van der Waals surface area contributed by atoms with Gasteiger partial charge in [0.2, 0.25) is 0 Å². The molecule has 4 rings (SSSR count). The molecule has 1 aromatic rings. The molecule has 0 radical (unpaired) electrons. The number of carbonyl (C=O) groups excluding carboxylic acids is 2. The summed E-state index contributed by atoms with van der Waals surface area (Å²) in [7, 11) is 0. The highest BCUT2D eigenvalue weighted by Gasteiger charge is 2.62. The Bertz CT molecular complexity index is 594. The van der Waals surface area contributed by atoms with Crippen molar-refractivity contribution in [3.63, 3.8) is 0 Å². The Morgan fingerprint density at radius 3 is 2.64 bits per heavy atom. The number of ether oxygens (including phenoxy) is 2. The van der Waals surface area contributed by atoms with Crippen LogP contribution in [0, 0.1) is 0 Å². The van der Waals surface area contributed by atoms with Crippen LogP contribution in [0.2, 0.25) is 0 Å². The average molecular weight is 301 g/mol. The Morgan fingerprint density at radius 1 is 1.14 bits per heavy atom. The van der Waals surface area contributed by atoms with Crippen LogP contribution >= 0.6 is 0 Å². The minimum atomic E-state index is -0.783. The zero-order valence-electron chi connectivity index (χ0n) is 12.4. The third kappa shape index (κ3) is 1.88. The van der Waals surface area contributed by atoms with Crippen molar-refractivity contribution in [1.29, 1.82) is 0 Å². The smallest absolute Gasteiger partial charge is 0.410 e. The summed E-state index contributed by atoms with van der Waals surface area (Å²) in [4.78, 5) is 26.2. The van der Waals surface area contributed by atoms with Crippen molar-refractivity contribution >= 4 is 11.9 Å². The summed E-state index contributed by atoms with van der Waals surface area (Å²) in [5.41, 5.74) is 0.257. The Kier molecular flexibility index (Phi) is 3.18. The molecule has 2 saturated heterocycles. The summed E-state index contributed by atoms with van der Waals surface area (Å²) >= 11 is 0. The van der Waals surface area contributed by atoms with Crippen molar-refractivity contribution in [3.8, 4) is 0 Å². The number of ketones is 1. The summed E-state index contributed by atoms with van der Waals surface area (Å²) in [5, 5.41) is 0. The molecule has 0 bridgehead atoms. The average Bonchev–Trinajstić information content (AvgIpc) is 2.95. The molecule has 5 heteroatoms. The Hall–Kier alpha value is -1.88. The van der Waals surface area contributed by atoms with Crippen LogP contribution in [0.25, 0.3) is 0 Å². The van der Waals surface area contributed by atoms with E-state index in [4.69, 9.17) is 9.47 Å². The molecule has 0 aromatic heterocycles. The van der Waals surface area contributed by atoms with Gasteiger partial charge >= 0.3 is 6.09 Å². The Morgan fingerprint density at radius 2 is 1.95 bits per heavy atom. The number of hydrogen-bond acceptors (Lipinski definition) is 4. The highest BCUT2D eigenvalue weighted by Crippen LogP contribution is 2.46. The van der Waals surface area contributed by atoms with Gasteiger partial charge < -0.3 is 9.47 Å². The van der Waals surface area contributed by atoms with E-state index in [-0.39, 0.29) is 24.0 Å². The van der Waals surface area contributed by atoms with Gasteiger partial charge in [-0.15, -0.1) is 0 Å². The van der Waals surface area contributed by atoms with E-state index in [1.54, 1.807) is 4.90 Å². The third-order valence-corrected chi connectivity index (χ3v) is 5.12. The molecule has 22 heavy (non-hydrogen) atoms. The molecule has 1 aliphatic carbocycles. The van der Waals surface area contributed by atoms with Crippen LogP contribution in [0.1, 0.15) is 37.3 Å². The lowest BCUT2D eigenvalue weighted by Crippen LogP contribution is -2.69. The van der Waals surface area contributed by atoms with Crippen LogP contribution < -0.4 is 0 Å². The first-order chi connectivity index (χ1) is 10.7. The molecule has 2 aliphatic heterocycles. The summed E-state index contributed by atoms with van der Waals surface area (Å²) in [6, 6.07) is 9.52. The van der Waals surface area contributed by atoms with Gasteiger partial charge in [0, 0.05) is 13.0 Å². The van der Waals surface area contributed by atoms with Crippen LogP contribution in [0.15, 0.2) is 30.3 Å². The number of amides is 1. The number of hydrogen-bond donors (Lipinski definition) is 0. The first-order valence-electron chi connectivity index (χ1n) is 7.90. The lowest BCUT2D eigenvalue weighted by Gasteiger charge is -2.52. The van der Waals surface area contributed by atoms with Gasteiger partial charge in [-0.05, 0) is 24.8 Å². The summed E-state index contributed by atoms with van der Waals surface area (Å²) in [6.45, 7) is 0.935. The van der Waals surface area contributed by atoms with Gasteiger partial charge in [-0.1, -0.05) is 30.3 Å². The maximum absolute atomic E-state index is 12.3. The van der Waals surface area contributed by atoms with Gasteiger partial charge in [-0.25, -0.2) is 4.79 Å². The van der Waals surface area contributed by atoms with Gasteiger partial charge in [-0.3, -0.25) is 9.69 Å². The maximum atomic E-state index is 12.3. The summed E-state index contributed by atoms with van der Waals surface area (Å²) in [6.07, 6.45) is 2.70. The molecular weight excluding hydrogens is 282 g/mol. The van der Waals surface area contributed by atoms with Crippen LogP contribution in [0.5, 0.6) is 0 Å². The van der Waals surface area contributed by atoms with Gasteiger partial charge in [0.25, 0.3) is 0 Å². The molecule has 0 N–H and O–H groups in total. The van der Waals surface area contributed by atoms with Crippen LogP contribution in [0.4, 0.5) is 4.79 Å². The molecule has 5 nitrogen and oxygen atoms in total. The van der Waals surface area contributed by atoms with Crippen molar-refractivity contribution in [2.45, 2.75) is 43.4 Å². The minimum absolute atomic E-state index is 0.128. The topological polar surface area (TPSA) is 55.8 Å². The summed E-state index contributed by atoms with van der Waals surface area (Å²) < 4.78 is 11.2. The van der Waals surface area contributed by atoms with Gasteiger partial charge in [0.15, 0.2) is 5.78 Å². The molecule has 1 saturated carbocycles. The monoisotopic (exact) mass is 301 g/mol. The lowest BCUT2D eigenvalue weighted by molar-refractivity contribution is -0.187. The second-order valence-electron chi connectivity index (χ2n) is 6.25. The molecule has 3 atom stereocenters. The van der Waals surface area contributed by atoms with E-state index in [9.17, 15) is 9.59 Å². The molecule has 1 amide bonds. The summed E-state index contributed by atoms with van der Waals surface area (Å²) in [5.74, 6) is 0.128. The largest absolute Gasteiger partial charge is 0.447 e. The molecule has 1 unspecified atom stereocenters. The second-order valence-corrected chi connectivity index (χ2v) is 6.25. The fourth-order valence-corrected chi connectivity index (χ4v) is 3.90. The van der Waals surface area contributed by atoms with Gasteiger partial charge in [0.05, 0.1) is 12.1 Å². The standard InChI is InChI=1S/C17H19NO4/c19-15-10-14(17(15)8-4-5-9-22-17)18-13(11-21-16(18)20)12-6-2-1-3-7-12/h1-3,6-7,13-14H,4-5,8-11H2/t13-,14+,17?/m1/s1. The first-order valence-corrected chi connectivity index (χ1v) is 7.90. The maximum Gasteiger partial charge on any atom is 0.410 e. The fraction of sp³-hybridized carbons (Fsp3) is 0.529. The van der Waals surface area contributed by atoms with Crippen LogP contribution in [-0.2, 0) is 14.3 Å². The normalized spacial score (nSPS) is 34.6. The highest BCUT2D eigenvalue weighted by molar-refractivity contribution is 5.97. The molecule has 3 aliphatic rings. The Labute approximate surface area is 129 Å². The fourth-order valence-electron chi connectivity index (χ4n) is 3.90. The van der Waals surface area contributed by atoms with Crippen molar-refractivity contribution in [2.75, 3.05) is 13.2 Å². The number of nitrogens with zero attached hydrogens (tertiary/aromatic N) is 1. The number of rotatable bonds is 2. The molecule has 1 aromatic carbocycles. The molecule has 3 fully saturated rings. The number of Topliss-reactive ketones (excluding diaryl/α,β-unsaturated/α-hetero) is 1. The van der Waals surface area contributed by atoms with E-state index in [1.807, 2.05) is 30.3 Å². The van der Waals surface area contributed by atoms with E-state index < -0.39 is 5.60 Å². The number of cyclic esters (lactones) is 1. The quantitative estimate of drug-likeness (QED) is 0.842. The predicted molar refractivity (Wildman–Crippen MR) is 78.3 cm³/mol. The van der Waals surface area contributed by atoms with E-state index >= 15 is 0 Å². The van der Waals surface area contributed by atoms with Crippen molar-refractivity contribution in [2.24, 2.45) is 0 Å². The van der Waals surface area contributed by atoms with E-state index in [1.165, 1.54) is 0 Å². The van der Waals surface area contributed by atoms with E-state index in [0.717, 1.165) is 18.4 Å². The molecule has 2 heterocycles. The van der Waals surface area contributed by atoms with Gasteiger partial charge in [0.1, 0.15) is 12.2 Å². The van der Waals surface area contributed by atoms with Gasteiger partial charge in [-0.2, -0.15) is 0 Å². The van der Waals surface area contributed by atoms with Crippen molar-refractivity contribution < 1.29 is 19.1 Å². The highest BCUT2D eigenvalue weighted by atomic mass is 16.6. The molecule has 1 spiro atoms. The van der Waals surface area contributed by atoms with E-state index in [0.29, 0.717) is 26.1 Å². The molecule has 116 valence electrons. The zero-order valence-corrected chi connectivity index (χ0v) is 12.4. The zero-order chi connectivity index (χ0) is 15.2. The van der Waals surface area contributed by atoms with Crippen LogP contribution in [0.3, 0.4) is 0 Å². The number of carbonyl (C=O) groups is 2. The van der Waals surface area contributed by atoms with Crippen molar-refractivity contribution in [3.05, 3.63) is 35.9 Å². The lowest BCUT2D eigenvalue weighted by atomic mass is 9.68. The van der Waals surface area contributed by atoms with Crippen LogP contribution in [-0.4, -0.2) is 41.6 Å². The molecular formula is C17H19NO4. The van der Waals surface area contributed by atoms with Crippen molar-refractivity contribution in [1.82, 2.24) is 4.90 Å². The minimum Gasteiger partial charge on any atom is -0.447 e. The first kappa shape index (κ1) is 13.8. The Balaban J connectivity index is 1.65. The predicted octanol–water partition coefficient (Wildman–Crippen LogP) is 2.46.